The number of nitrogens with one attached hydrogen (secondary N) is 1. The van der Waals surface area contributed by atoms with Crippen LogP contribution in [0.1, 0.15) is 69.0 Å². The van der Waals surface area contributed by atoms with E-state index in [1.165, 1.54) is 18.4 Å². The smallest absolute Gasteiger partial charge is 0.228 e. The zero-order valence-corrected chi connectivity index (χ0v) is 16.0. The van der Waals surface area contributed by atoms with Crippen LogP contribution in [0.25, 0.3) is 0 Å². The molecular formula is C24H31NO. The predicted octanol–water partition coefficient (Wildman–Crippen LogP) is 5.86. The van der Waals surface area contributed by atoms with Gasteiger partial charge in [0, 0.05) is 0 Å². The Morgan fingerprint density at radius 1 is 0.923 bits per heavy atom. The van der Waals surface area contributed by atoms with Crippen molar-refractivity contribution >= 4 is 5.91 Å². The summed E-state index contributed by atoms with van der Waals surface area (Å²) in [6.45, 7) is 4.43. The quantitative estimate of drug-likeness (QED) is 0.666. The van der Waals surface area contributed by atoms with Crippen molar-refractivity contribution in [3.63, 3.8) is 0 Å². The molecule has 1 aliphatic carbocycles. The van der Waals surface area contributed by atoms with Crippen LogP contribution in [0.3, 0.4) is 0 Å². The van der Waals surface area contributed by atoms with Gasteiger partial charge in [0.25, 0.3) is 0 Å². The van der Waals surface area contributed by atoms with Gasteiger partial charge in [-0.3, -0.25) is 4.79 Å². The van der Waals surface area contributed by atoms with Gasteiger partial charge in [-0.15, -0.1) is 0 Å². The highest BCUT2D eigenvalue weighted by Crippen LogP contribution is 2.38. The van der Waals surface area contributed by atoms with Crippen molar-refractivity contribution in [2.45, 2.75) is 57.9 Å². The highest BCUT2D eigenvalue weighted by Gasteiger charge is 2.33. The Kier molecular flexibility index (Phi) is 6.49. The van der Waals surface area contributed by atoms with Crippen molar-refractivity contribution in [3.8, 4) is 0 Å². The van der Waals surface area contributed by atoms with Crippen LogP contribution in [0.4, 0.5) is 0 Å². The minimum Gasteiger partial charge on any atom is -0.349 e. The summed E-state index contributed by atoms with van der Waals surface area (Å²) in [6.07, 6.45) is 5.77. The average molecular weight is 350 g/mol. The van der Waals surface area contributed by atoms with E-state index < -0.39 is 0 Å². The Bertz CT molecular complexity index is 674. The van der Waals surface area contributed by atoms with Gasteiger partial charge in [-0.2, -0.15) is 0 Å². The number of benzene rings is 2. The van der Waals surface area contributed by atoms with E-state index >= 15 is 0 Å². The monoisotopic (exact) mass is 349 g/mol. The van der Waals surface area contributed by atoms with E-state index in [-0.39, 0.29) is 17.9 Å². The Morgan fingerprint density at radius 3 is 2.00 bits per heavy atom. The summed E-state index contributed by atoms with van der Waals surface area (Å²) in [5.74, 6) is 1.16. The number of carbonyl (C=O) groups excluding carboxylic acids is 1. The van der Waals surface area contributed by atoms with Crippen LogP contribution >= 0.6 is 0 Å². The first-order chi connectivity index (χ1) is 12.6. The summed E-state index contributed by atoms with van der Waals surface area (Å²) in [4.78, 5) is 13.4. The summed E-state index contributed by atoms with van der Waals surface area (Å²) in [7, 11) is 0. The molecule has 2 aromatic rings. The summed E-state index contributed by atoms with van der Waals surface area (Å²) in [6, 6.07) is 20.8. The minimum absolute atomic E-state index is 0.0305. The molecule has 1 N–H and O–H groups in total. The maximum Gasteiger partial charge on any atom is 0.228 e. The molecule has 1 saturated carbocycles. The molecule has 0 saturated heterocycles. The van der Waals surface area contributed by atoms with Crippen molar-refractivity contribution in [2.24, 2.45) is 11.8 Å². The van der Waals surface area contributed by atoms with E-state index in [0.717, 1.165) is 24.8 Å². The summed E-state index contributed by atoms with van der Waals surface area (Å²) in [5, 5.41) is 3.40. The number of carbonyl (C=O) groups is 1. The molecule has 1 fully saturated rings. The van der Waals surface area contributed by atoms with Gasteiger partial charge in [0.2, 0.25) is 5.91 Å². The van der Waals surface area contributed by atoms with Crippen molar-refractivity contribution < 1.29 is 4.79 Å². The third-order valence-corrected chi connectivity index (χ3v) is 5.54. The fourth-order valence-corrected chi connectivity index (χ4v) is 4.29. The highest BCUT2D eigenvalue weighted by atomic mass is 16.2. The number of rotatable bonds is 7. The fourth-order valence-electron chi connectivity index (χ4n) is 4.29. The lowest BCUT2D eigenvalue weighted by atomic mass is 9.83. The molecule has 0 unspecified atom stereocenters. The molecule has 138 valence electrons. The maximum absolute atomic E-state index is 13.4. The maximum atomic E-state index is 13.4. The molecule has 0 bridgehead atoms. The van der Waals surface area contributed by atoms with Crippen LogP contribution in [0.2, 0.25) is 0 Å². The molecule has 26 heavy (non-hydrogen) atoms. The lowest BCUT2D eigenvalue weighted by molar-refractivity contribution is -0.124. The van der Waals surface area contributed by atoms with E-state index in [4.69, 9.17) is 0 Å². The largest absolute Gasteiger partial charge is 0.349 e. The van der Waals surface area contributed by atoms with Gasteiger partial charge < -0.3 is 5.32 Å². The molecule has 0 radical (unpaired) electrons. The van der Waals surface area contributed by atoms with Gasteiger partial charge in [-0.05, 0) is 42.2 Å². The van der Waals surface area contributed by atoms with Crippen molar-refractivity contribution in [3.05, 3.63) is 71.8 Å². The van der Waals surface area contributed by atoms with Gasteiger partial charge in [-0.1, -0.05) is 87.4 Å². The number of hydrogen-bond acceptors (Lipinski definition) is 1. The third kappa shape index (κ3) is 4.75. The van der Waals surface area contributed by atoms with Gasteiger partial charge in [0.15, 0.2) is 0 Å². The molecule has 2 heteroatoms. The molecule has 2 atom stereocenters. The van der Waals surface area contributed by atoms with E-state index in [1.807, 2.05) is 24.3 Å². The Balaban J connectivity index is 1.83. The van der Waals surface area contributed by atoms with Crippen LogP contribution in [-0.2, 0) is 4.79 Å². The standard InChI is InChI=1S/C24H31NO/c1-18(2)17-22(19-11-5-3-6-12-19)25-24(26)23(21-15-9-10-16-21)20-13-7-4-8-14-20/h3-8,11-14,18,21-23H,9-10,15-17H2,1-2H3,(H,25,26)/t22-,23-/m1/s1. The Hall–Kier alpha value is -2.09. The number of amides is 1. The first kappa shape index (κ1) is 18.7. The number of hydrogen-bond donors (Lipinski definition) is 1. The summed E-state index contributed by atoms with van der Waals surface area (Å²) < 4.78 is 0. The molecule has 1 aliphatic rings. The molecule has 3 rings (SSSR count). The van der Waals surface area contributed by atoms with Crippen LogP contribution < -0.4 is 5.32 Å². The van der Waals surface area contributed by atoms with Crippen LogP contribution in [0.15, 0.2) is 60.7 Å². The van der Waals surface area contributed by atoms with Crippen LogP contribution in [0.5, 0.6) is 0 Å². The Labute approximate surface area is 158 Å². The molecule has 2 aromatic carbocycles. The van der Waals surface area contributed by atoms with Gasteiger partial charge in [0.05, 0.1) is 12.0 Å². The Morgan fingerprint density at radius 2 is 1.46 bits per heavy atom. The third-order valence-electron chi connectivity index (χ3n) is 5.54. The molecule has 0 aliphatic heterocycles. The SMILES string of the molecule is CC(C)C[C@@H](NC(=O)[C@H](c1ccccc1)C1CCCC1)c1ccccc1. The van der Waals surface area contributed by atoms with Gasteiger partial charge >= 0.3 is 0 Å². The van der Waals surface area contributed by atoms with E-state index in [0.29, 0.717) is 11.8 Å². The van der Waals surface area contributed by atoms with Gasteiger partial charge in [-0.25, -0.2) is 0 Å². The second kappa shape index (κ2) is 9.02. The molecule has 2 nitrogen and oxygen atoms in total. The fraction of sp³-hybridized carbons (Fsp3) is 0.458. The minimum atomic E-state index is -0.0305. The molecular weight excluding hydrogens is 318 g/mol. The molecule has 0 spiro atoms. The van der Waals surface area contributed by atoms with E-state index in [1.54, 1.807) is 0 Å². The van der Waals surface area contributed by atoms with Gasteiger partial charge in [0.1, 0.15) is 0 Å². The second-order valence-corrected chi connectivity index (χ2v) is 8.03. The van der Waals surface area contributed by atoms with Crippen LogP contribution in [-0.4, -0.2) is 5.91 Å². The zero-order valence-electron chi connectivity index (χ0n) is 16.0. The van der Waals surface area contributed by atoms with Crippen molar-refractivity contribution in [2.75, 3.05) is 0 Å². The summed E-state index contributed by atoms with van der Waals surface area (Å²) in [5.41, 5.74) is 2.36. The first-order valence-corrected chi connectivity index (χ1v) is 10.1. The van der Waals surface area contributed by atoms with Crippen molar-refractivity contribution in [1.82, 2.24) is 5.32 Å². The lowest BCUT2D eigenvalue weighted by Crippen LogP contribution is -2.36. The summed E-state index contributed by atoms with van der Waals surface area (Å²) >= 11 is 0. The average Bonchev–Trinajstić information content (AvgIpc) is 3.17. The topological polar surface area (TPSA) is 29.1 Å². The van der Waals surface area contributed by atoms with E-state index in [2.05, 4.69) is 55.6 Å². The predicted molar refractivity (Wildman–Crippen MR) is 108 cm³/mol. The molecule has 0 aromatic heterocycles. The van der Waals surface area contributed by atoms with Crippen LogP contribution in [0, 0.1) is 11.8 Å². The van der Waals surface area contributed by atoms with E-state index in [9.17, 15) is 4.79 Å². The normalized spacial score (nSPS) is 17.2. The molecule has 1 amide bonds. The lowest BCUT2D eigenvalue weighted by Gasteiger charge is -2.28. The zero-order chi connectivity index (χ0) is 18.4. The first-order valence-electron chi connectivity index (χ1n) is 10.1. The second-order valence-electron chi connectivity index (χ2n) is 8.03. The van der Waals surface area contributed by atoms with Crippen molar-refractivity contribution in [1.29, 1.82) is 0 Å². The molecule has 0 heterocycles. The highest BCUT2D eigenvalue weighted by molar-refractivity contribution is 5.84.